The maximum absolute atomic E-state index is 12.5. The number of hydrogen-bond acceptors (Lipinski definition) is 5. The molecule has 126 valence electrons. The van der Waals surface area contributed by atoms with Gasteiger partial charge in [-0.05, 0) is 25.8 Å². The molecule has 1 aliphatic heterocycles. The number of carbonyl (C=O) groups excluding carboxylic acids is 1. The van der Waals surface area contributed by atoms with Gasteiger partial charge in [0.15, 0.2) is 17.6 Å². The van der Waals surface area contributed by atoms with Crippen molar-refractivity contribution in [1.29, 1.82) is 0 Å². The topological polar surface area (TPSA) is 81.9 Å². The number of ether oxygens (including phenoxy) is 2. The van der Waals surface area contributed by atoms with Crippen molar-refractivity contribution in [1.82, 2.24) is 4.90 Å². The second-order valence-electron chi connectivity index (χ2n) is 5.59. The molecule has 0 aliphatic carbocycles. The molecule has 23 heavy (non-hydrogen) atoms. The summed E-state index contributed by atoms with van der Waals surface area (Å²) >= 11 is 0. The Morgan fingerprint density at radius 2 is 1.87 bits per heavy atom. The zero-order valence-corrected chi connectivity index (χ0v) is 13.5. The molecule has 7 nitrogen and oxygen atoms in total. The minimum Gasteiger partial charge on any atom is -0.493 e. The van der Waals surface area contributed by atoms with Crippen molar-refractivity contribution in [3.05, 3.63) is 28.3 Å². The molecule has 1 amide bonds. The first-order valence-corrected chi connectivity index (χ1v) is 7.81. The summed E-state index contributed by atoms with van der Waals surface area (Å²) in [5, 5.41) is 10.9. The van der Waals surface area contributed by atoms with E-state index in [2.05, 4.69) is 0 Å². The van der Waals surface area contributed by atoms with Crippen LogP contribution in [-0.2, 0) is 4.79 Å². The molecule has 1 aliphatic rings. The Morgan fingerprint density at radius 1 is 1.22 bits per heavy atom. The van der Waals surface area contributed by atoms with E-state index in [0.29, 0.717) is 5.75 Å². The first-order chi connectivity index (χ1) is 11.0. The smallest absolute Gasteiger partial charge is 0.273 e. The summed E-state index contributed by atoms with van der Waals surface area (Å²) in [6.45, 7) is 3.13. The second-order valence-corrected chi connectivity index (χ2v) is 5.59. The second kappa shape index (κ2) is 7.80. The molecule has 1 atom stereocenters. The number of benzene rings is 1. The fraction of sp³-hybridized carbons (Fsp3) is 0.562. The van der Waals surface area contributed by atoms with E-state index < -0.39 is 11.0 Å². The van der Waals surface area contributed by atoms with Crippen molar-refractivity contribution >= 4 is 11.6 Å². The van der Waals surface area contributed by atoms with Crippen molar-refractivity contribution in [2.24, 2.45) is 0 Å². The van der Waals surface area contributed by atoms with E-state index in [-0.39, 0.29) is 17.3 Å². The van der Waals surface area contributed by atoms with Crippen LogP contribution < -0.4 is 9.47 Å². The van der Waals surface area contributed by atoms with Crippen molar-refractivity contribution in [2.45, 2.75) is 38.7 Å². The first kappa shape index (κ1) is 17.1. The number of nitro groups is 1. The summed E-state index contributed by atoms with van der Waals surface area (Å²) in [4.78, 5) is 24.7. The van der Waals surface area contributed by atoms with E-state index in [1.54, 1.807) is 6.92 Å². The maximum Gasteiger partial charge on any atom is 0.273 e. The van der Waals surface area contributed by atoms with Crippen LogP contribution in [0.25, 0.3) is 0 Å². The van der Waals surface area contributed by atoms with E-state index in [9.17, 15) is 14.9 Å². The minimum absolute atomic E-state index is 0.0968. The lowest BCUT2D eigenvalue weighted by molar-refractivity contribution is -0.385. The van der Waals surface area contributed by atoms with Gasteiger partial charge in [-0.15, -0.1) is 0 Å². The van der Waals surface area contributed by atoms with Crippen LogP contribution in [0, 0.1) is 10.1 Å². The van der Waals surface area contributed by atoms with Crippen LogP contribution in [0.4, 0.5) is 5.69 Å². The van der Waals surface area contributed by atoms with Gasteiger partial charge in [-0.1, -0.05) is 12.8 Å². The highest BCUT2D eigenvalue weighted by molar-refractivity contribution is 5.81. The van der Waals surface area contributed by atoms with E-state index >= 15 is 0 Å². The number of likely N-dealkylation sites (tertiary alicyclic amines) is 1. The molecular weight excluding hydrogens is 300 g/mol. The highest BCUT2D eigenvalue weighted by Gasteiger charge is 2.24. The number of nitro benzene ring substituents is 1. The van der Waals surface area contributed by atoms with Crippen LogP contribution >= 0.6 is 0 Å². The fourth-order valence-electron chi connectivity index (χ4n) is 2.66. The number of amides is 1. The van der Waals surface area contributed by atoms with Gasteiger partial charge >= 0.3 is 0 Å². The molecule has 1 heterocycles. The van der Waals surface area contributed by atoms with Crippen LogP contribution in [0.5, 0.6) is 11.5 Å². The first-order valence-electron chi connectivity index (χ1n) is 7.81. The quantitative estimate of drug-likeness (QED) is 0.615. The van der Waals surface area contributed by atoms with E-state index in [1.165, 1.54) is 25.3 Å². The van der Waals surface area contributed by atoms with Crippen LogP contribution in [0.2, 0.25) is 0 Å². The molecule has 7 heteroatoms. The zero-order chi connectivity index (χ0) is 16.8. The Morgan fingerprint density at radius 3 is 2.43 bits per heavy atom. The molecule has 0 N–H and O–H groups in total. The van der Waals surface area contributed by atoms with E-state index in [1.807, 2.05) is 4.90 Å². The Bertz CT molecular complexity index is 568. The van der Waals surface area contributed by atoms with Gasteiger partial charge in [-0.3, -0.25) is 14.9 Å². The lowest BCUT2D eigenvalue weighted by Crippen LogP contribution is -2.41. The molecule has 0 radical (unpaired) electrons. The van der Waals surface area contributed by atoms with E-state index in [0.717, 1.165) is 38.8 Å². The van der Waals surface area contributed by atoms with Gasteiger partial charge in [0.05, 0.1) is 18.1 Å². The zero-order valence-electron chi connectivity index (χ0n) is 13.5. The Hall–Kier alpha value is -2.31. The van der Waals surface area contributed by atoms with Crippen molar-refractivity contribution < 1.29 is 19.2 Å². The van der Waals surface area contributed by atoms with E-state index in [4.69, 9.17) is 9.47 Å². The monoisotopic (exact) mass is 322 g/mol. The predicted octanol–water partition coefficient (Wildman–Crippen LogP) is 2.77. The molecule has 0 aromatic heterocycles. The Kier molecular flexibility index (Phi) is 5.78. The maximum atomic E-state index is 12.5. The molecule has 1 aromatic carbocycles. The van der Waals surface area contributed by atoms with Crippen molar-refractivity contribution in [2.75, 3.05) is 20.2 Å². The van der Waals surface area contributed by atoms with Crippen LogP contribution in [0.3, 0.4) is 0 Å². The average molecular weight is 322 g/mol. The number of hydrogen-bond donors (Lipinski definition) is 0. The molecule has 0 unspecified atom stereocenters. The van der Waals surface area contributed by atoms with Gasteiger partial charge < -0.3 is 14.4 Å². The summed E-state index contributed by atoms with van der Waals surface area (Å²) in [6.07, 6.45) is 3.55. The number of nitrogens with zero attached hydrogens (tertiary/aromatic N) is 2. The SMILES string of the molecule is COc1ccc([N+](=O)[O-])cc1O[C@@H](C)C(=O)N1CCCCCC1. The fourth-order valence-corrected chi connectivity index (χ4v) is 2.66. The summed E-state index contributed by atoms with van der Waals surface area (Å²) in [5.41, 5.74) is -0.102. The molecule has 0 saturated carbocycles. The molecule has 0 bridgehead atoms. The third-order valence-corrected chi connectivity index (χ3v) is 3.93. The van der Waals surface area contributed by atoms with Crippen LogP contribution in [0.1, 0.15) is 32.6 Å². The minimum atomic E-state index is -0.719. The standard InChI is InChI=1S/C16H22N2O5/c1-12(16(19)17-9-5-3-4-6-10-17)23-15-11-13(18(20)21)7-8-14(15)22-2/h7-8,11-12H,3-6,9-10H2,1-2H3/t12-/m0/s1. The third kappa shape index (κ3) is 4.34. The van der Waals surface area contributed by atoms with Gasteiger partial charge in [0.25, 0.3) is 11.6 Å². The lowest BCUT2D eigenvalue weighted by Gasteiger charge is -2.25. The predicted molar refractivity (Wildman–Crippen MR) is 84.8 cm³/mol. The summed E-state index contributed by atoms with van der Waals surface area (Å²) in [7, 11) is 1.45. The van der Waals surface area contributed by atoms with Crippen LogP contribution in [0.15, 0.2) is 18.2 Å². The highest BCUT2D eigenvalue weighted by Crippen LogP contribution is 2.32. The summed E-state index contributed by atoms with van der Waals surface area (Å²) in [6, 6.07) is 4.09. The van der Waals surface area contributed by atoms with Gasteiger partial charge in [0.1, 0.15) is 0 Å². The normalized spacial score (nSPS) is 16.3. The number of carbonyl (C=O) groups is 1. The molecule has 2 rings (SSSR count). The van der Waals surface area contributed by atoms with Gasteiger partial charge in [-0.25, -0.2) is 0 Å². The molecule has 1 fully saturated rings. The number of rotatable bonds is 5. The number of methoxy groups -OCH3 is 1. The molecular formula is C16H22N2O5. The van der Waals surface area contributed by atoms with Crippen molar-refractivity contribution in [3.63, 3.8) is 0 Å². The van der Waals surface area contributed by atoms with Gasteiger partial charge in [0.2, 0.25) is 0 Å². The average Bonchev–Trinajstić information content (AvgIpc) is 2.83. The largest absolute Gasteiger partial charge is 0.493 e. The highest BCUT2D eigenvalue weighted by atomic mass is 16.6. The Labute approximate surface area is 135 Å². The molecule has 0 spiro atoms. The van der Waals surface area contributed by atoms with Gasteiger partial charge in [-0.2, -0.15) is 0 Å². The van der Waals surface area contributed by atoms with Crippen molar-refractivity contribution in [3.8, 4) is 11.5 Å². The third-order valence-electron chi connectivity index (χ3n) is 3.93. The Balaban J connectivity index is 2.11. The van der Waals surface area contributed by atoms with Gasteiger partial charge in [0, 0.05) is 19.2 Å². The lowest BCUT2D eigenvalue weighted by atomic mass is 10.2. The molecule has 1 aromatic rings. The summed E-state index contributed by atoms with van der Waals surface area (Å²) in [5.74, 6) is 0.476. The molecule has 1 saturated heterocycles. The van der Waals surface area contributed by atoms with Crippen LogP contribution in [-0.4, -0.2) is 42.0 Å². The summed E-state index contributed by atoms with van der Waals surface area (Å²) < 4.78 is 10.8. The number of non-ortho nitro benzene ring substituents is 1.